The molecular formula is C20H22N2O3S. The number of para-hydroxylation sites is 1. The van der Waals surface area contributed by atoms with Gasteiger partial charge in [-0.05, 0) is 56.4 Å². The summed E-state index contributed by atoms with van der Waals surface area (Å²) in [6.45, 7) is 4.68. The van der Waals surface area contributed by atoms with Gasteiger partial charge in [-0.1, -0.05) is 12.1 Å². The predicted molar refractivity (Wildman–Crippen MR) is 105 cm³/mol. The van der Waals surface area contributed by atoms with E-state index in [-0.39, 0.29) is 6.04 Å². The molecule has 2 aliphatic rings. The van der Waals surface area contributed by atoms with Crippen LogP contribution in [0, 0.1) is 0 Å². The lowest BCUT2D eigenvalue weighted by Gasteiger charge is -2.52. The number of ether oxygens (including phenoxy) is 3. The predicted octanol–water partition coefficient (Wildman–Crippen LogP) is 4.03. The van der Waals surface area contributed by atoms with Crippen molar-refractivity contribution in [3.63, 3.8) is 0 Å². The molecule has 2 unspecified atom stereocenters. The van der Waals surface area contributed by atoms with Gasteiger partial charge in [-0.3, -0.25) is 4.90 Å². The summed E-state index contributed by atoms with van der Waals surface area (Å²) in [6.07, 6.45) is 0.778. The summed E-state index contributed by atoms with van der Waals surface area (Å²) < 4.78 is 17.5. The van der Waals surface area contributed by atoms with E-state index in [0.717, 1.165) is 34.9 Å². The van der Waals surface area contributed by atoms with E-state index < -0.39 is 5.72 Å². The average Bonchev–Trinajstić information content (AvgIpc) is 2.62. The standard InChI is InChI=1S/C20H22N2O3S/c1-4-24-14-10-8-13(9-11-14)22-19(26)21-16-12-20(22,2)25-18-15(16)6-5-7-17(18)23-3/h5-11,16H,4,12H2,1-3H3,(H,21,26). The van der Waals surface area contributed by atoms with Gasteiger partial charge in [-0.2, -0.15) is 0 Å². The first kappa shape index (κ1) is 17.0. The number of methoxy groups -OCH3 is 1. The Bertz CT molecular complexity index is 839. The monoisotopic (exact) mass is 370 g/mol. The Morgan fingerprint density at radius 1 is 1.27 bits per heavy atom. The molecule has 0 radical (unpaired) electrons. The van der Waals surface area contributed by atoms with Crippen molar-refractivity contribution < 1.29 is 14.2 Å². The zero-order valence-corrected chi connectivity index (χ0v) is 15.9. The van der Waals surface area contributed by atoms with Crippen molar-refractivity contribution in [1.29, 1.82) is 0 Å². The van der Waals surface area contributed by atoms with Crippen molar-refractivity contribution >= 4 is 23.0 Å². The number of nitrogens with one attached hydrogen (secondary N) is 1. The SMILES string of the molecule is CCOc1ccc(N2C(=S)NC3CC2(C)Oc2c(OC)cccc23)cc1. The molecule has 0 saturated carbocycles. The Morgan fingerprint density at radius 3 is 2.73 bits per heavy atom. The Kier molecular flexibility index (Phi) is 4.15. The number of anilines is 1. The second-order valence-electron chi connectivity index (χ2n) is 6.62. The number of thiocarbonyl (C=S) groups is 1. The molecule has 2 atom stereocenters. The van der Waals surface area contributed by atoms with E-state index in [1.807, 2.05) is 48.2 Å². The third-order valence-electron chi connectivity index (χ3n) is 4.89. The van der Waals surface area contributed by atoms with Crippen molar-refractivity contribution in [3.05, 3.63) is 48.0 Å². The molecule has 1 saturated heterocycles. The number of hydrogen-bond donors (Lipinski definition) is 1. The van der Waals surface area contributed by atoms with E-state index in [9.17, 15) is 0 Å². The van der Waals surface area contributed by atoms with Crippen LogP contribution in [0.4, 0.5) is 5.69 Å². The highest BCUT2D eigenvalue weighted by atomic mass is 32.1. The highest BCUT2D eigenvalue weighted by molar-refractivity contribution is 7.80. The topological polar surface area (TPSA) is 43.0 Å². The van der Waals surface area contributed by atoms with Gasteiger partial charge in [-0.25, -0.2) is 0 Å². The molecule has 1 fully saturated rings. The lowest BCUT2D eigenvalue weighted by Crippen LogP contribution is -2.65. The van der Waals surface area contributed by atoms with Crippen LogP contribution in [-0.4, -0.2) is 24.6 Å². The minimum Gasteiger partial charge on any atom is -0.494 e. The summed E-state index contributed by atoms with van der Waals surface area (Å²) in [5, 5.41) is 4.11. The molecule has 2 heterocycles. The van der Waals surface area contributed by atoms with Gasteiger partial charge in [0.05, 0.1) is 19.8 Å². The average molecular weight is 370 g/mol. The minimum absolute atomic E-state index is 0.102. The Morgan fingerprint density at radius 2 is 2.04 bits per heavy atom. The summed E-state index contributed by atoms with van der Waals surface area (Å²) in [7, 11) is 1.66. The first-order chi connectivity index (χ1) is 12.6. The molecule has 26 heavy (non-hydrogen) atoms. The maximum atomic E-state index is 6.47. The van der Waals surface area contributed by atoms with Crippen molar-refractivity contribution in [2.24, 2.45) is 0 Å². The lowest BCUT2D eigenvalue weighted by molar-refractivity contribution is 0.0464. The van der Waals surface area contributed by atoms with E-state index in [4.69, 9.17) is 26.4 Å². The fourth-order valence-corrected chi connectivity index (χ4v) is 4.21. The largest absolute Gasteiger partial charge is 0.494 e. The van der Waals surface area contributed by atoms with E-state index >= 15 is 0 Å². The number of nitrogens with zero attached hydrogens (tertiary/aromatic N) is 1. The van der Waals surface area contributed by atoms with E-state index in [1.54, 1.807) is 7.11 Å². The number of rotatable bonds is 4. The molecule has 2 aliphatic heterocycles. The van der Waals surface area contributed by atoms with Gasteiger partial charge in [0, 0.05) is 17.7 Å². The maximum Gasteiger partial charge on any atom is 0.188 e. The van der Waals surface area contributed by atoms with Gasteiger partial charge in [0.1, 0.15) is 5.75 Å². The normalized spacial score (nSPS) is 23.6. The lowest BCUT2D eigenvalue weighted by atomic mass is 9.90. The summed E-state index contributed by atoms with van der Waals surface area (Å²) in [5.74, 6) is 2.35. The molecule has 136 valence electrons. The van der Waals surface area contributed by atoms with Gasteiger partial charge in [-0.15, -0.1) is 0 Å². The highest BCUT2D eigenvalue weighted by Crippen LogP contribution is 2.49. The fourth-order valence-electron chi connectivity index (χ4n) is 3.77. The van der Waals surface area contributed by atoms with Crippen LogP contribution in [0.2, 0.25) is 0 Å². The van der Waals surface area contributed by atoms with Crippen LogP contribution in [0.25, 0.3) is 0 Å². The van der Waals surface area contributed by atoms with E-state index in [0.29, 0.717) is 11.7 Å². The van der Waals surface area contributed by atoms with Crippen LogP contribution < -0.4 is 24.4 Å². The second kappa shape index (κ2) is 6.36. The molecule has 6 heteroatoms. The number of fused-ring (bicyclic) bond motifs is 4. The maximum absolute atomic E-state index is 6.47. The van der Waals surface area contributed by atoms with E-state index in [2.05, 4.69) is 18.3 Å². The zero-order valence-electron chi connectivity index (χ0n) is 15.1. The van der Waals surface area contributed by atoms with Gasteiger partial charge in [0.2, 0.25) is 0 Å². The van der Waals surface area contributed by atoms with Crippen LogP contribution in [-0.2, 0) is 0 Å². The molecule has 1 N–H and O–H groups in total. The van der Waals surface area contributed by atoms with Crippen molar-refractivity contribution in [3.8, 4) is 17.2 Å². The van der Waals surface area contributed by atoms with Crippen LogP contribution in [0.3, 0.4) is 0 Å². The Labute approximate surface area is 158 Å². The molecule has 0 aromatic heterocycles. The van der Waals surface area contributed by atoms with Crippen LogP contribution >= 0.6 is 12.2 Å². The van der Waals surface area contributed by atoms with Crippen LogP contribution in [0.15, 0.2) is 42.5 Å². The molecule has 2 aromatic carbocycles. The third-order valence-corrected chi connectivity index (χ3v) is 5.19. The highest BCUT2D eigenvalue weighted by Gasteiger charge is 2.49. The third kappa shape index (κ3) is 2.65. The van der Waals surface area contributed by atoms with Crippen molar-refractivity contribution in [2.75, 3.05) is 18.6 Å². The summed E-state index contributed by atoms with van der Waals surface area (Å²) in [4.78, 5) is 2.03. The van der Waals surface area contributed by atoms with Crippen LogP contribution in [0.1, 0.15) is 31.9 Å². The molecule has 4 rings (SSSR count). The van der Waals surface area contributed by atoms with Gasteiger partial charge >= 0.3 is 0 Å². The quantitative estimate of drug-likeness (QED) is 0.820. The molecular weight excluding hydrogens is 348 g/mol. The molecule has 0 amide bonds. The Balaban J connectivity index is 1.73. The smallest absolute Gasteiger partial charge is 0.188 e. The molecule has 0 spiro atoms. The molecule has 2 bridgehead atoms. The van der Waals surface area contributed by atoms with Gasteiger partial charge < -0.3 is 19.5 Å². The van der Waals surface area contributed by atoms with E-state index in [1.165, 1.54) is 0 Å². The second-order valence-corrected chi connectivity index (χ2v) is 7.01. The summed E-state index contributed by atoms with van der Waals surface area (Å²) >= 11 is 5.68. The van der Waals surface area contributed by atoms with Gasteiger partial charge in [0.25, 0.3) is 0 Å². The van der Waals surface area contributed by atoms with Crippen molar-refractivity contribution in [2.45, 2.75) is 32.0 Å². The Hall–Kier alpha value is -2.47. The van der Waals surface area contributed by atoms with Crippen molar-refractivity contribution in [1.82, 2.24) is 5.32 Å². The number of benzene rings is 2. The first-order valence-corrected chi connectivity index (χ1v) is 9.16. The molecule has 2 aromatic rings. The summed E-state index contributed by atoms with van der Waals surface area (Å²) in [5.41, 5.74) is 1.45. The molecule has 5 nitrogen and oxygen atoms in total. The zero-order chi connectivity index (χ0) is 18.3. The summed E-state index contributed by atoms with van der Waals surface area (Å²) in [6, 6.07) is 14.0. The first-order valence-electron chi connectivity index (χ1n) is 8.75. The van der Waals surface area contributed by atoms with Gasteiger partial charge in [0.15, 0.2) is 22.3 Å². The fraction of sp³-hybridized carbons (Fsp3) is 0.350. The number of hydrogen-bond acceptors (Lipinski definition) is 4. The minimum atomic E-state index is -0.595. The molecule has 0 aliphatic carbocycles. The van der Waals surface area contributed by atoms with Crippen LogP contribution in [0.5, 0.6) is 17.2 Å².